The van der Waals surface area contributed by atoms with Crippen molar-refractivity contribution in [1.82, 2.24) is 9.29 Å². The fourth-order valence-electron chi connectivity index (χ4n) is 2.52. The zero-order valence-electron chi connectivity index (χ0n) is 14.6. The van der Waals surface area contributed by atoms with Gasteiger partial charge in [-0.1, -0.05) is 11.6 Å². The van der Waals surface area contributed by atoms with E-state index in [4.69, 9.17) is 17.3 Å². The number of sulfonamides is 1. The van der Waals surface area contributed by atoms with Crippen LogP contribution in [0.25, 0.3) is 0 Å². The summed E-state index contributed by atoms with van der Waals surface area (Å²) in [6, 6.07) is 1.78. The van der Waals surface area contributed by atoms with Crippen LogP contribution in [-0.4, -0.2) is 24.9 Å². The second-order valence-electron chi connectivity index (χ2n) is 6.05. The first-order chi connectivity index (χ1) is 12.0. The second kappa shape index (κ2) is 7.34. The number of hydrogen-bond acceptors (Lipinski definition) is 3. The number of amidine groups is 1. The SMILES string of the molecule is Cc1c(S(=O)(=O)NC(C)C)cn(C)c1C(N)=Nc1ccc(F)c(Cl)c1F. The molecule has 0 saturated heterocycles. The maximum atomic E-state index is 14.0. The molecule has 3 N–H and O–H groups in total. The Morgan fingerprint density at radius 1 is 1.35 bits per heavy atom. The fraction of sp³-hybridized carbons (Fsp3) is 0.312. The molecule has 0 aliphatic heterocycles. The number of hydrogen-bond donors (Lipinski definition) is 2. The Balaban J connectivity index is 2.55. The summed E-state index contributed by atoms with van der Waals surface area (Å²) in [4.78, 5) is 3.98. The van der Waals surface area contributed by atoms with Crippen LogP contribution in [-0.2, 0) is 17.1 Å². The minimum Gasteiger partial charge on any atom is -0.382 e. The largest absolute Gasteiger partial charge is 0.382 e. The van der Waals surface area contributed by atoms with E-state index in [0.29, 0.717) is 11.3 Å². The maximum Gasteiger partial charge on any atom is 0.242 e. The Kier molecular flexibility index (Phi) is 5.74. The van der Waals surface area contributed by atoms with Crippen LogP contribution < -0.4 is 10.5 Å². The smallest absolute Gasteiger partial charge is 0.242 e. The lowest BCUT2D eigenvalue weighted by atomic mass is 10.2. The van der Waals surface area contributed by atoms with Crippen LogP contribution in [0.5, 0.6) is 0 Å². The van der Waals surface area contributed by atoms with Gasteiger partial charge in [0.1, 0.15) is 27.3 Å². The Bertz CT molecular complexity index is 985. The number of nitrogens with two attached hydrogens (primary N) is 1. The molecule has 0 amide bonds. The van der Waals surface area contributed by atoms with Gasteiger partial charge in [-0.25, -0.2) is 26.9 Å². The molecule has 10 heteroatoms. The van der Waals surface area contributed by atoms with Crippen molar-refractivity contribution < 1.29 is 17.2 Å². The molecule has 0 fully saturated rings. The Morgan fingerprint density at radius 3 is 2.54 bits per heavy atom. The quantitative estimate of drug-likeness (QED) is 0.456. The highest BCUT2D eigenvalue weighted by Crippen LogP contribution is 2.28. The van der Waals surface area contributed by atoms with Crippen LogP contribution in [0.2, 0.25) is 5.02 Å². The number of nitrogens with zero attached hydrogens (tertiary/aromatic N) is 2. The minimum atomic E-state index is -3.74. The summed E-state index contributed by atoms with van der Waals surface area (Å²) in [5, 5.41) is -0.688. The molecule has 1 aromatic heterocycles. The summed E-state index contributed by atoms with van der Waals surface area (Å²) in [5.41, 5.74) is 6.36. The van der Waals surface area contributed by atoms with Crippen LogP contribution in [0.15, 0.2) is 28.2 Å². The zero-order valence-corrected chi connectivity index (χ0v) is 16.2. The predicted molar refractivity (Wildman–Crippen MR) is 97.4 cm³/mol. The van der Waals surface area contributed by atoms with E-state index >= 15 is 0 Å². The van der Waals surface area contributed by atoms with Gasteiger partial charge in [-0.05, 0) is 38.5 Å². The van der Waals surface area contributed by atoms with Gasteiger partial charge in [0.2, 0.25) is 10.0 Å². The van der Waals surface area contributed by atoms with Gasteiger partial charge in [-0.2, -0.15) is 0 Å². The molecule has 0 bridgehead atoms. The average Bonchev–Trinajstić information content (AvgIpc) is 2.82. The van der Waals surface area contributed by atoms with Crippen molar-refractivity contribution >= 4 is 33.1 Å². The van der Waals surface area contributed by atoms with Crippen molar-refractivity contribution in [2.24, 2.45) is 17.8 Å². The number of aryl methyl sites for hydroxylation is 1. The summed E-state index contributed by atoms with van der Waals surface area (Å²) >= 11 is 5.53. The Hall–Kier alpha value is -1.97. The van der Waals surface area contributed by atoms with Gasteiger partial charge in [0.25, 0.3) is 0 Å². The van der Waals surface area contributed by atoms with E-state index in [-0.39, 0.29) is 22.5 Å². The van der Waals surface area contributed by atoms with E-state index in [9.17, 15) is 17.2 Å². The molecule has 0 atom stereocenters. The van der Waals surface area contributed by atoms with E-state index in [1.54, 1.807) is 27.8 Å². The number of aromatic nitrogens is 1. The molecule has 1 heterocycles. The lowest BCUT2D eigenvalue weighted by Gasteiger charge is -2.09. The molecule has 2 rings (SSSR count). The van der Waals surface area contributed by atoms with Gasteiger partial charge >= 0.3 is 0 Å². The molecule has 0 unspecified atom stereocenters. The highest BCUT2D eigenvalue weighted by Gasteiger charge is 2.24. The molecular formula is C16H19ClF2N4O2S. The number of aliphatic imine (C=N–C) groups is 1. The topological polar surface area (TPSA) is 89.5 Å². The van der Waals surface area contributed by atoms with Crippen LogP contribution in [0.1, 0.15) is 25.1 Å². The van der Waals surface area contributed by atoms with Crippen molar-refractivity contribution in [2.45, 2.75) is 31.7 Å². The van der Waals surface area contributed by atoms with Crippen molar-refractivity contribution in [1.29, 1.82) is 0 Å². The third kappa shape index (κ3) is 3.89. The molecule has 0 spiro atoms. The van der Waals surface area contributed by atoms with Crippen molar-refractivity contribution in [3.05, 3.63) is 46.2 Å². The molecule has 0 aliphatic rings. The first-order valence-corrected chi connectivity index (χ1v) is 9.48. The molecule has 6 nitrogen and oxygen atoms in total. The zero-order chi connectivity index (χ0) is 19.8. The summed E-state index contributed by atoms with van der Waals surface area (Å²) in [6.45, 7) is 4.97. The molecule has 0 saturated carbocycles. The van der Waals surface area contributed by atoms with E-state index in [1.807, 2.05) is 0 Å². The lowest BCUT2D eigenvalue weighted by Crippen LogP contribution is -2.30. The number of halogens is 3. The Labute approximate surface area is 155 Å². The van der Waals surface area contributed by atoms with Gasteiger partial charge in [0.05, 0.1) is 5.69 Å². The fourth-order valence-corrected chi connectivity index (χ4v) is 4.22. The maximum absolute atomic E-state index is 14.0. The van der Waals surface area contributed by atoms with E-state index in [1.165, 1.54) is 10.8 Å². The molecule has 1 aromatic carbocycles. The van der Waals surface area contributed by atoms with Crippen LogP contribution in [0.4, 0.5) is 14.5 Å². The molecule has 0 radical (unpaired) electrons. The molecule has 26 heavy (non-hydrogen) atoms. The first kappa shape index (κ1) is 20.3. The minimum absolute atomic E-state index is 0.0412. The van der Waals surface area contributed by atoms with Crippen molar-refractivity contribution in [3.63, 3.8) is 0 Å². The van der Waals surface area contributed by atoms with Crippen LogP contribution >= 0.6 is 11.6 Å². The van der Waals surface area contributed by atoms with Crippen LogP contribution in [0, 0.1) is 18.6 Å². The molecule has 142 valence electrons. The monoisotopic (exact) mass is 404 g/mol. The average molecular weight is 405 g/mol. The Morgan fingerprint density at radius 2 is 1.96 bits per heavy atom. The van der Waals surface area contributed by atoms with Crippen molar-refractivity contribution in [2.75, 3.05) is 0 Å². The second-order valence-corrected chi connectivity index (χ2v) is 8.11. The molecule has 0 aliphatic carbocycles. The van der Waals surface area contributed by atoms with E-state index in [0.717, 1.165) is 12.1 Å². The van der Waals surface area contributed by atoms with Gasteiger partial charge in [-0.3, -0.25) is 0 Å². The van der Waals surface area contributed by atoms with E-state index in [2.05, 4.69) is 9.71 Å². The summed E-state index contributed by atoms with van der Waals surface area (Å²) in [7, 11) is -2.15. The number of rotatable bonds is 5. The van der Waals surface area contributed by atoms with Gasteiger partial charge in [-0.15, -0.1) is 0 Å². The summed E-state index contributed by atoms with van der Waals surface area (Å²) in [5.74, 6) is -2.08. The third-order valence-electron chi connectivity index (χ3n) is 3.57. The first-order valence-electron chi connectivity index (χ1n) is 7.62. The summed E-state index contributed by atoms with van der Waals surface area (Å²) in [6.07, 6.45) is 1.39. The van der Waals surface area contributed by atoms with Crippen LogP contribution in [0.3, 0.4) is 0 Å². The molecular weight excluding hydrogens is 386 g/mol. The predicted octanol–water partition coefficient (Wildman–Crippen LogP) is 2.99. The highest BCUT2D eigenvalue weighted by atomic mass is 35.5. The van der Waals surface area contributed by atoms with Gasteiger partial charge in [0, 0.05) is 19.3 Å². The summed E-state index contributed by atoms with van der Waals surface area (Å²) < 4.78 is 56.1. The highest BCUT2D eigenvalue weighted by molar-refractivity contribution is 7.89. The normalized spacial score (nSPS) is 12.8. The molecule has 2 aromatic rings. The lowest BCUT2D eigenvalue weighted by molar-refractivity contribution is 0.569. The number of nitrogens with one attached hydrogen (secondary N) is 1. The van der Waals surface area contributed by atoms with E-state index < -0.39 is 26.7 Å². The van der Waals surface area contributed by atoms with Crippen molar-refractivity contribution in [3.8, 4) is 0 Å². The standard InChI is InChI=1S/C16H19ClF2N4O2S/c1-8(2)22-26(24,25)12-7-23(4)15(9(12)3)16(20)21-11-6-5-10(18)13(17)14(11)19/h5-8,22H,1-4H3,(H2,20,21). The third-order valence-corrected chi connectivity index (χ3v) is 5.69. The van der Waals surface area contributed by atoms with Gasteiger partial charge in [0.15, 0.2) is 5.82 Å². The van der Waals surface area contributed by atoms with Gasteiger partial charge < -0.3 is 10.3 Å². The number of benzene rings is 1.